The molecule has 0 amide bonds. The molecule has 0 spiro atoms. The van der Waals surface area contributed by atoms with Crippen molar-refractivity contribution in [3.63, 3.8) is 0 Å². The fourth-order valence-corrected chi connectivity index (χ4v) is 1.98. The van der Waals surface area contributed by atoms with Gasteiger partial charge < -0.3 is 26.2 Å². The fraction of sp³-hybridized carbons (Fsp3) is 0.929. The number of aliphatic hydroxyl groups excluding tert-OH is 2. The average molecular weight is 288 g/mol. The Morgan fingerprint density at radius 3 is 2.15 bits per heavy atom. The molecule has 0 bridgehead atoms. The van der Waals surface area contributed by atoms with Crippen molar-refractivity contribution in [2.45, 2.75) is 32.7 Å². The third-order valence-corrected chi connectivity index (χ3v) is 2.85. The zero-order valence-corrected chi connectivity index (χ0v) is 13.2. The summed E-state index contributed by atoms with van der Waals surface area (Å²) < 4.78 is 0. The van der Waals surface area contributed by atoms with Crippen molar-refractivity contribution in [2.75, 3.05) is 52.5 Å². The normalized spacial score (nSPS) is 12.9. The maximum Gasteiger partial charge on any atom is 0.0555 e. The van der Waals surface area contributed by atoms with Crippen LogP contribution in [-0.2, 0) is 0 Å². The van der Waals surface area contributed by atoms with Gasteiger partial charge in [-0.2, -0.15) is 0 Å². The number of aliphatic imine (C=N–C) groups is 1. The Morgan fingerprint density at radius 1 is 0.950 bits per heavy atom. The van der Waals surface area contributed by atoms with E-state index in [0.717, 1.165) is 38.3 Å². The van der Waals surface area contributed by atoms with Crippen molar-refractivity contribution in [3.8, 4) is 0 Å². The second-order valence-electron chi connectivity index (χ2n) is 5.55. The molecule has 0 radical (unpaired) electrons. The molecule has 0 fully saturated rings. The molecule has 0 atom stereocenters. The van der Waals surface area contributed by atoms with E-state index in [-0.39, 0.29) is 18.8 Å². The van der Waals surface area contributed by atoms with E-state index >= 15 is 0 Å². The largest absolute Gasteiger partial charge is 0.395 e. The van der Waals surface area contributed by atoms with E-state index in [9.17, 15) is 0 Å². The van der Waals surface area contributed by atoms with Crippen LogP contribution in [0, 0.1) is 0 Å². The van der Waals surface area contributed by atoms with Crippen molar-refractivity contribution in [2.24, 2.45) is 4.99 Å². The van der Waals surface area contributed by atoms with Gasteiger partial charge in [-0.15, -0.1) is 0 Å². The highest BCUT2D eigenvalue weighted by Crippen LogP contribution is 2.09. The van der Waals surface area contributed by atoms with Crippen LogP contribution in [0.25, 0.3) is 0 Å². The maximum atomic E-state index is 8.66. The van der Waals surface area contributed by atoms with Crippen LogP contribution in [0.3, 0.4) is 0 Å². The van der Waals surface area contributed by atoms with Gasteiger partial charge >= 0.3 is 0 Å². The molecule has 6 nitrogen and oxygen atoms in total. The van der Waals surface area contributed by atoms with Crippen molar-refractivity contribution >= 4 is 5.71 Å². The first kappa shape index (κ1) is 19.5. The minimum Gasteiger partial charge on any atom is -0.395 e. The van der Waals surface area contributed by atoms with Gasteiger partial charge in [-0.25, -0.2) is 0 Å². The number of hydrogen-bond acceptors (Lipinski definition) is 6. The highest BCUT2D eigenvalue weighted by atomic mass is 16.3. The molecule has 6 heteroatoms. The zero-order valence-electron chi connectivity index (χ0n) is 13.2. The number of hydrogen-bond donors (Lipinski definition) is 5. The summed E-state index contributed by atoms with van der Waals surface area (Å²) in [5.41, 5.74) is 1.16. The highest BCUT2D eigenvalue weighted by molar-refractivity contribution is 5.82. The van der Waals surface area contributed by atoms with Crippen LogP contribution < -0.4 is 16.0 Å². The Morgan fingerprint density at radius 2 is 1.55 bits per heavy atom. The molecular weight excluding hydrogens is 256 g/mol. The quantitative estimate of drug-likeness (QED) is 0.230. The van der Waals surface area contributed by atoms with E-state index in [4.69, 9.17) is 10.2 Å². The Hall–Kier alpha value is -0.530. The number of nitrogens with zero attached hydrogens (tertiary/aromatic N) is 1. The van der Waals surface area contributed by atoms with Gasteiger partial charge in [0.25, 0.3) is 0 Å². The zero-order chi connectivity index (χ0) is 15.3. The molecule has 0 aliphatic carbocycles. The molecule has 0 saturated carbocycles. The fourth-order valence-electron chi connectivity index (χ4n) is 1.98. The molecule has 0 aliphatic heterocycles. The molecular formula is C14H32N4O2. The predicted octanol–water partition coefficient (Wildman–Crippen LogP) is -0.631. The van der Waals surface area contributed by atoms with E-state index in [1.165, 1.54) is 0 Å². The van der Waals surface area contributed by atoms with Crippen molar-refractivity contribution in [3.05, 3.63) is 0 Å². The molecule has 0 aromatic heterocycles. The van der Waals surface area contributed by atoms with Gasteiger partial charge in [0.15, 0.2) is 0 Å². The van der Waals surface area contributed by atoms with Crippen LogP contribution >= 0.6 is 0 Å². The molecule has 5 N–H and O–H groups in total. The first-order chi connectivity index (χ1) is 9.52. The van der Waals surface area contributed by atoms with E-state index in [0.29, 0.717) is 13.1 Å². The summed E-state index contributed by atoms with van der Waals surface area (Å²) in [6, 6.07) is 0. The number of rotatable bonds is 13. The summed E-state index contributed by atoms with van der Waals surface area (Å²) in [5.74, 6) is 0. The monoisotopic (exact) mass is 288 g/mol. The lowest BCUT2D eigenvalue weighted by atomic mass is 9.98. The van der Waals surface area contributed by atoms with Gasteiger partial charge in [-0.1, -0.05) is 0 Å². The molecule has 20 heavy (non-hydrogen) atoms. The molecule has 120 valence electrons. The van der Waals surface area contributed by atoms with Gasteiger partial charge in [0.2, 0.25) is 0 Å². The lowest BCUT2D eigenvalue weighted by molar-refractivity contribution is 0.291. The van der Waals surface area contributed by atoms with Crippen LogP contribution in [0.4, 0.5) is 0 Å². The second kappa shape index (κ2) is 12.2. The third-order valence-electron chi connectivity index (χ3n) is 2.85. The molecule has 0 aromatic carbocycles. The summed E-state index contributed by atoms with van der Waals surface area (Å²) in [4.78, 5) is 4.52. The molecule has 0 aromatic rings. The van der Waals surface area contributed by atoms with Crippen LogP contribution in [0.1, 0.15) is 27.2 Å². The van der Waals surface area contributed by atoms with Crippen LogP contribution in [0.5, 0.6) is 0 Å². The highest BCUT2D eigenvalue weighted by Gasteiger charge is 2.17. The van der Waals surface area contributed by atoms with Crippen LogP contribution in [0.15, 0.2) is 4.99 Å². The van der Waals surface area contributed by atoms with Crippen LogP contribution in [0.2, 0.25) is 0 Å². The van der Waals surface area contributed by atoms with E-state index in [1.54, 1.807) is 0 Å². The lowest BCUT2D eigenvalue weighted by Crippen LogP contribution is -2.44. The Bertz CT molecular complexity index is 258. The van der Waals surface area contributed by atoms with Gasteiger partial charge in [-0.3, -0.25) is 4.99 Å². The predicted molar refractivity (Wildman–Crippen MR) is 84.6 cm³/mol. The second-order valence-corrected chi connectivity index (χ2v) is 5.55. The topological polar surface area (TPSA) is 88.9 Å². The molecule has 0 rings (SSSR count). The Labute approximate surface area is 123 Å². The Kier molecular flexibility index (Phi) is 11.9. The van der Waals surface area contributed by atoms with Gasteiger partial charge in [0.05, 0.1) is 19.8 Å². The summed E-state index contributed by atoms with van der Waals surface area (Å²) in [7, 11) is 0. The van der Waals surface area contributed by atoms with E-state index < -0.39 is 0 Å². The summed E-state index contributed by atoms with van der Waals surface area (Å²) in [6.45, 7) is 11.3. The van der Waals surface area contributed by atoms with E-state index in [2.05, 4.69) is 41.7 Å². The average Bonchev–Trinajstić information content (AvgIpc) is 2.37. The number of aliphatic hydroxyl groups is 2. The first-order valence-corrected chi connectivity index (χ1v) is 7.40. The Balaban J connectivity index is 3.77. The van der Waals surface area contributed by atoms with Crippen molar-refractivity contribution < 1.29 is 10.2 Å². The molecule has 0 aliphatic rings. The summed E-state index contributed by atoms with van der Waals surface area (Å²) in [6.07, 6.45) is 0.910. The van der Waals surface area contributed by atoms with Crippen molar-refractivity contribution in [1.29, 1.82) is 0 Å². The standard InChI is InChI=1S/C14H32N4O2/c1-13(17-6-4-15-8-10-19)12-14(2,3)18-7-5-16-9-11-20/h15-16,18-20H,4-12H2,1-3H3. The molecule has 0 unspecified atom stereocenters. The summed E-state index contributed by atoms with van der Waals surface area (Å²) in [5, 5.41) is 27.0. The smallest absolute Gasteiger partial charge is 0.0555 e. The van der Waals surface area contributed by atoms with E-state index in [1.807, 2.05) is 0 Å². The van der Waals surface area contributed by atoms with Gasteiger partial charge in [0, 0.05) is 50.4 Å². The number of nitrogens with one attached hydrogen (secondary N) is 3. The first-order valence-electron chi connectivity index (χ1n) is 7.40. The minimum absolute atomic E-state index is 0.0208. The van der Waals surface area contributed by atoms with Crippen molar-refractivity contribution in [1.82, 2.24) is 16.0 Å². The van der Waals surface area contributed by atoms with Gasteiger partial charge in [0.1, 0.15) is 0 Å². The maximum absolute atomic E-state index is 8.66. The minimum atomic E-state index is 0.0208. The van der Waals surface area contributed by atoms with Gasteiger partial charge in [-0.05, 0) is 20.8 Å². The summed E-state index contributed by atoms with van der Waals surface area (Å²) >= 11 is 0. The SMILES string of the molecule is CC(CC(C)(C)NCCNCCO)=NCCNCCO. The molecule has 0 saturated heterocycles. The lowest BCUT2D eigenvalue weighted by Gasteiger charge is -2.26. The third kappa shape index (κ3) is 12.5. The molecule has 0 heterocycles. The van der Waals surface area contributed by atoms with Crippen LogP contribution in [-0.4, -0.2) is 73.9 Å².